The van der Waals surface area contributed by atoms with Gasteiger partial charge in [-0.25, -0.2) is 14.5 Å². The first kappa shape index (κ1) is 14.5. The van der Waals surface area contributed by atoms with Gasteiger partial charge in [-0.3, -0.25) is 4.57 Å². The van der Waals surface area contributed by atoms with E-state index in [1.807, 2.05) is 54.2 Å². The lowest BCUT2D eigenvalue weighted by Crippen LogP contribution is -2.02. The molecule has 0 aliphatic carbocycles. The van der Waals surface area contributed by atoms with Gasteiger partial charge >= 0.3 is 0 Å². The second-order valence-corrected chi connectivity index (χ2v) is 5.72. The summed E-state index contributed by atoms with van der Waals surface area (Å²) in [6.45, 7) is 1.86. The van der Waals surface area contributed by atoms with Crippen LogP contribution in [0, 0.1) is 6.92 Å². The van der Waals surface area contributed by atoms with Crippen molar-refractivity contribution in [2.45, 2.75) is 6.92 Å². The molecule has 0 aliphatic heterocycles. The Morgan fingerprint density at radius 3 is 2.77 bits per heavy atom. The maximum absolute atomic E-state index is 4.52. The van der Waals surface area contributed by atoms with Crippen molar-refractivity contribution < 1.29 is 0 Å². The summed E-state index contributed by atoms with van der Waals surface area (Å²) in [7, 11) is 0. The molecular weight excluding hydrogens is 330 g/mol. The molecule has 4 aromatic heterocycles. The number of hydrogen-bond donors (Lipinski definition) is 0. The highest BCUT2D eigenvalue weighted by molar-refractivity contribution is 5.73. The van der Waals surface area contributed by atoms with E-state index in [0.717, 1.165) is 34.2 Å². The Morgan fingerprint density at radius 2 is 1.88 bits per heavy atom. The lowest BCUT2D eigenvalue weighted by Gasteiger charge is -2.09. The van der Waals surface area contributed by atoms with Crippen molar-refractivity contribution in [1.29, 1.82) is 0 Å². The fourth-order valence-electron chi connectivity index (χ4n) is 2.94. The van der Waals surface area contributed by atoms with E-state index in [-0.39, 0.29) is 0 Å². The Hall–Kier alpha value is -3.88. The van der Waals surface area contributed by atoms with Crippen LogP contribution in [0.15, 0.2) is 61.3 Å². The van der Waals surface area contributed by atoms with Crippen LogP contribution in [0.2, 0.25) is 0 Å². The monoisotopic (exact) mass is 343 g/mol. The molecule has 0 atom stereocenters. The van der Waals surface area contributed by atoms with Gasteiger partial charge < -0.3 is 0 Å². The first-order valence-electron chi connectivity index (χ1n) is 7.99. The smallest absolute Gasteiger partial charge is 0.165 e. The lowest BCUT2D eigenvalue weighted by atomic mass is 10.2. The highest BCUT2D eigenvalue weighted by atomic mass is 15.5. The predicted octanol–water partition coefficient (Wildman–Crippen LogP) is 1.87. The molecule has 0 amide bonds. The van der Waals surface area contributed by atoms with E-state index in [1.54, 1.807) is 27.8 Å². The average Bonchev–Trinajstić information content (AvgIpc) is 3.40. The number of tetrazole rings is 1. The fourth-order valence-corrected chi connectivity index (χ4v) is 2.94. The summed E-state index contributed by atoms with van der Waals surface area (Å²) in [6.07, 6.45) is 9.05. The van der Waals surface area contributed by atoms with Crippen LogP contribution in [-0.2, 0) is 0 Å². The maximum Gasteiger partial charge on any atom is 0.165 e. The third-order valence-electron chi connectivity index (χ3n) is 4.14. The zero-order valence-electron chi connectivity index (χ0n) is 13.8. The Morgan fingerprint density at radius 1 is 0.962 bits per heavy atom. The highest BCUT2D eigenvalue weighted by Gasteiger charge is 2.14. The van der Waals surface area contributed by atoms with Gasteiger partial charge in [-0.05, 0) is 41.6 Å². The molecule has 5 rings (SSSR count). The van der Waals surface area contributed by atoms with Gasteiger partial charge in [0.2, 0.25) is 0 Å². The average molecular weight is 343 g/mol. The standard InChI is InChI=1S/C17H13N9/c1-12-21-22-23-26(12)14-5-2-4-13(10-14)24-9-7-19-16(24)15-11-20-25-8-3-6-18-17(15)25/h2-11H,1H3. The first-order valence-corrected chi connectivity index (χ1v) is 7.99. The van der Waals surface area contributed by atoms with Gasteiger partial charge in [0.05, 0.1) is 17.4 Å². The SMILES string of the molecule is Cc1nnnn1-c1cccc(-n2ccnc2-c2cnn3cccnc23)c1. The third-order valence-corrected chi connectivity index (χ3v) is 4.14. The third kappa shape index (κ3) is 2.18. The first-order chi connectivity index (χ1) is 12.8. The van der Waals surface area contributed by atoms with Gasteiger partial charge in [0.25, 0.3) is 0 Å². The molecule has 9 heteroatoms. The van der Waals surface area contributed by atoms with Gasteiger partial charge in [0, 0.05) is 30.5 Å². The number of imidazole rings is 1. The van der Waals surface area contributed by atoms with Crippen molar-refractivity contribution in [2.75, 3.05) is 0 Å². The van der Waals surface area contributed by atoms with E-state index in [4.69, 9.17) is 0 Å². The second-order valence-electron chi connectivity index (χ2n) is 5.72. The van der Waals surface area contributed by atoms with E-state index in [2.05, 4.69) is 30.6 Å². The zero-order valence-corrected chi connectivity index (χ0v) is 13.8. The van der Waals surface area contributed by atoms with E-state index >= 15 is 0 Å². The van der Waals surface area contributed by atoms with Crippen LogP contribution >= 0.6 is 0 Å². The molecule has 9 nitrogen and oxygen atoms in total. The van der Waals surface area contributed by atoms with Crippen LogP contribution in [-0.4, -0.2) is 44.4 Å². The van der Waals surface area contributed by atoms with Crippen LogP contribution in [0.25, 0.3) is 28.4 Å². The molecule has 0 unspecified atom stereocenters. The predicted molar refractivity (Wildman–Crippen MR) is 93.0 cm³/mol. The quantitative estimate of drug-likeness (QED) is 0.496. The molecule has 0 N–H and O–H groups in total. The maximum atomic E-state index is 4.52. The van der Waals surface area contributed by atoms with Crippen molar-refractivity contribution in [3.05, 3.63) is 67.1 Å². The van der Waals surface area contributed by atoms with Crippen molar-refractivity contribution in [3.8, 4) is 22.8 Å². The molecule has 26 heavy (non-hydrogen) atoms. The van der Waals surface area contributed by atoms with Crippen molar-refractivity contribution in [2.24, 2.45) is 0 Å². The van der Waals surface area contributed by atoms with Crippen LogP contribution in [0.4, 0.5) is 0 Å². The van der Waals surface area contributed by atoms with Crippen LogP contribution in [0.1, 0.15) is 5.82 Å². The Bertz CT molecular complexity index is 1210. The van der Waals surface area contributed by atoms with E-state index < -0.39 is 0 Å². The van der Waals surface area contributed by atoms with Gasteiger partial charge in [-0.1, -0.05) is 6.07 Å². The van der Waals surface area contributed by atoms with E-state index in [1.165, 1.54) is 0 Å². The molecule has 0 saturated heterocycles. The van der Waals surface area contributed by atoms with Gasteiger partial charge in [0.1, 0.15) is 5.82 Å². The second kappa shape index (κ2) is 5.59. The number of rotatable bonds is 3. The Labute approximate surface area is 147 Å². The normalized spacial score (nSPS) is 11.3. The fraction of sp³-hybridized carbons (Fsp3) is 0.0588. The van der Waals surface area contributed by atoms with Crippen molar-refractivity contribution >= 4 is 5.65 Å². The number of fused-ring (bicyclic) bond motifs is 1. The Balaban J connectivity index is 1.65. The van der Waals surface area contributed by atoms with Gasteiger partial charge in [-0.15, -0.1) is 5.10 Å². The van der Waals surface area contributed by atoms with E-state index in [9.17, 15) is 0 Å². The van der Waals surface area contributed by atoms with E-state index in [0.29, 0.717) is 0 Å². The summed E-state index contributed by atoms with van der Waals surface area (Å²) in [5.41, 5.74) is 3.44. The Kier molecular flexibility index (Phi) is 3.11. The molecule has 126 valence electrons. The summed E-state index contributed by atoms with van der Waals surface area (Å²) >= 11 is 0. The number of aromatic nitrogens is 9. The van der Waals surface area contributed by atoms with Crippen LogP contribution < -0.4 is 0 Å². The minimum Gasteiger partial charge on any atom is -0.300 e. The minimum atomic E-state index is 0.722. The largest absolute Gasteiger partial charge is 0.300 e. The molecule has 0 spiro atoms. The summed E-state index contributed by atoms with van der Waals surface area (Å²) in [4.78, 5) is 8.94. The topological polar surface area (TPSA) is 91.6 Å². The molecular formula is C17H13N9. The summed E-state index contributed by atoms with van der Waals surface area (Å²) in [5.74, 6) is 1.49. The molecule has 5 aromatic rings. The summed E-state index contributed by atoms with van der Waals surface area (Å²) < 4.78 is 5.42. The van der Waals surface area contributed by atoms with Crippen molar-refractivity contribution in [3.63, 3.8) is 0 Å². The summed E-state index contributed by atoms with van der Waals surface area (Å²) in [5, 5.41) is 16.0. The molecule has 0 fully saturated rings. The lowest BCUT2D eigenvalue weighted by molar-refractivity contribution is 0.778. The minimum absolute atomic E-state index is 0.722. The summed E-state index contributed by atoms with van der Waals surface area (Å²) in [6, 6.07) is 9.78. The number of hydrogen-bond acceptors (Lipinski definition) is 6. The zero-order chi connectivity index (χ0) is 17.5. The highest BCUT2D eigenvalue weighted by Crippen LogP contribution is 2.25. The number of benzene rings is 1. The van der Waals surface area contributed by atoms with Crippen LogP contribution in [0.5, 0.6) is 0 Å². The molecule has 0 aliphatic rings. The molecule has 1 aromatic carbocycles. The van der Waals surface area contributed by atoms with Crippen LogP contribution in [0.3, 0.4) is 0 Å². The molecule has 0 bridgehead atoms. The number of aryl methyl sites for hydroxylation is 1. The molecule has 4 heterocycles. The number of nitrogens with zero attached hydrogens (tertiary/aromatic N) is 9. The van der Waals surface area contributed by atoms with Gasteiger partial charge in [-0.2, -0.15) is 9.78 Å². The van der Waals surface area contributed by atoms with Crippen molar-refractivity contribution in [1.82, 2.24) is 44.4 Å². The molecule has 0 radical (unpaired) electrons. The molecule has 0 saturated carbocycles. The van der Waals surface area contributed by atoms with Gasteiger partial charge in [0.15, 0.2) is 11.5 Å².